The van der Waals surface area contributed by atoms with Crippen LogP contribution in [0.4, 0.5) is 5.69 Å². The molecule has 0 radical (unpaired) electrons. The largest absolute Gasteiger partial charge is 0.322 e. The van der Waals surface area contributed by atoms with Gasteiger partial charge in [-0.15, -0.1) is 0 Å². The second kappa shape index (κ2) is 6.44. The van der Waals surface area contributed by atoms with Gasteiger partial charge in [-0.25, -0.2) is 5.43 Å². The molecule has 0 aromatic heterocycles. The van der Waals surface area contributed by atoms with E-state index in [1.807, 2.05) is 42.5 Å². The Hall–Kier alpha value is -2.60. The van der Waals surface area contributed by atoms with E-state index in [2.05, 4.69) is 15.8 Å². The van der Waals surface area contributed by atoms with E-state index in [1.165, 1.54) is 11.8 Å². The highest BCUT2D eigenvalue weighted by atomic mass is 32.2. The Morgan fingerprint density at radius 3 is 2.45 bits per heavy atom. The van der Waals surface area contributed by atoms with E-state index in [1.54, 1.807) is 12.1 Å². The number of nitrogens with one attached hydrogen (secondary N) is 2. The molecule has 0 fully saturated rings. The smallest absolute Gasteiger partial charge is 0.255 e. The Kier molecular flexibility index (Phi) is 4.20. The Morgan fingerprint density at radius 1 is 1.09 bits per heavy atom. The van der Waals surface area contributed by atoms with Crippen molar-refractivity contribution < 1.29 is 9.59 Å². The number of benzene rings is 2. The molecule has 2 aromatic carbocycles. The van der Waals surface area contributed by atoms with Crippen molar-refractivity contribution in [3.63, 3.8) is 0 Å². The fourth-order valence-electron chi connectivity index (χ4n) is 1.95. The van der Waals surface area contributed by atoms with Gasteiger partial charge in [-0.05, 0) is 24.3 Å². The minimum atomic E-state index is -0.163. The minimum Gasteiger partial charge on any atom is -0.322 e. The van der Waals surface area contributed by atoms with E-state index in [4.69, 9.17) is 0 Å². The summed E-state index contributed by atoms with van der Waals surface area (Å²) in [6, 6.07) is 16.4. The van der Waals surface area contributed by atoms with Crippen molar-refractivity contribution in [2.24, 2.45) is 5.10 Å². The van der Waals surface area contributed by atoms with Crippen LogP contribution in [0.3, 0.4) is 0 Å². The van der Waals surface area contributed by atoms with Crippen LogP contribution in [0.15, 0.2) is 59.7 Å². The topological polar surface area (TPSA) is 70.6 Å². The van der Waals surface area contributed by atoms with E-state index in [9.17, 15) is 9.59 Å². The van der Waals surface area contributed by atoms with Gasteiger partial charge in [-0.2, -0.15) is 5.10 Å². The highest BCUT2D eigenvalue weighted by molar-refractivity contribution is 8.15. The van der Waals surface area contributed by atoms with Crippen molar-refractivity contribution >= 4 is 34.3 Å². The third kappa shape index (κ3) is 3.35. The molecule has 1 heterocycles. The zero-order chi connectivity index (χ0) is 15.4. The van der Waals surface area contributed by atoms with Crippen molar-refractivity contribution in [2.45, 2.75) is 0 Å². The van der Waals surface area contributed by atoms with Crippen molar-refractivity contribution in [1.82, 2.24) is 5.43 Å². The normalized spacial score (nSPS) is 14.0. The summed E-state index contributed by atoms with van der Waals surface area (Å²) in [5.74, 6) is 0.0895. The summed E-state index contributed by atoms with van der Waals surface area (Å²) in [4.78, 5) is 23.2. The Morgan fingerprint density at radius 2 is 1.82 bits per heavy atom. The molecule has 0 atom stereocenters. The van der Waals surface area contributed by atoms with Gasteiger partial charge in [-0.3, -0.25) is 9.59 Å². The van der Waals surface area contributed by atoms with Gasteiger partial charge in [0.1, 0.15) is 5.04 Å². The monoisotopic (exact) mass is 311 g/mol. The lowest BCUT2D eigenvalue weighted by molar-refractivity contribution is -0.118. The Bertz CT molecular complexity index is 727. The molecule has 110 valence electrons. The molecule has 0 saturated carbocycles. The summed E-state index contributed by atoms with van der Waals surface area (Å²) >= 11 is 1.38. The van der Waals surface area contributed by atoms with Crippen LogP contribution in [0.1, 0.15) is 15.9 Å². The molecule has 0 bridgehead atoms. The molecule has 0 spiro atoms. The molecule has 3 rings (SSSR count). The molecule has 0 saturated heterocycles. The molecule has 0 aliphatic carbocycles. The van der Waals surface area contributed by atoms with E-state index in [0.29, 0.717) is 11.3 Å². The number of amides is 2. The molecule has 1 aliphatic heterocycles. The third-order valence-electron chi connectivity index (χ3n) is 3.05. The predicted molar refractivity (Wildman–Crippen MR) is 88.0 cm³/mol. The summed E-state index contributed by atoms with van der Waals surface area (Å²) in [5, 5.41) is 7.58. The number of nitrogens with zero attached hydrogens (tertiary/aromatic N) is 1. The summed E-state index contributed by atoms with van der Waals surface area (Å²) in [5.41, 5.74) is 4.65. The van der Waals surface area contributed by atoms with Crippen molar-refractivity contribution in [2.75, 3.05) is 11.1 Å². The molecular weight excluding hydrogens is 298 g/mol. The van der Waals surface area contributed by atoms with E-state index in [0.717, 1.165) is 16.3 Å². The van der Waals surface area contributed by atoms with E-state index >= 15 is 0 Å². The zero-order valence-electron chi connectivity index (χ0n) is 11.6. The number of hydrogen-bond donors (Lipinski definition) is 2. The van der Waals surface area contributed by atoms with Crippen LogP contribution in [0.25, 0.3) is 0 Å². The molecule has 2 amide bonds. The molecule has 1 aliphatic rings. The van der Waals surface area contributed by atoms with Crippen LogP contribution in [0.5, 0.6) is 0 Å². The average Bonchev–Trinajstić information content (AvgIpc) is 2.57. The average molecular weight is 311 g/mol. The second-order valence-corrected chi connectivity index (χ2v) is 5.60. The fourth-order valence-corrected chi connectivity index (χ4v) is 2.69. The van der Waals surface area contributed by atoms with Crippen LogP contribution in [-0.2, 0) is 4.79 Å². The first-order valence-corrected chi connectivity index (χ1v) is 7.67. The quantitative estimate of drug-likeness (QED) is 0.915. The predicted octanol–water partition coefficient (Wildman–Crippen LogP) is 2.46. The molecule has 2 N–H and O–H groups in total. The number of anilines is 1. The van der Waals surface area contributed by atoms with Gasteiger partial charge < -0.3 is 5.32 Å². The maximum atomic E-state index is 12.1. The highest BCUT2D eigenvalue weighted by Gasteiger charge is 2.14. The van der Waals surface area contributed by atoms with Gasteiger partial charge in [0.05, 0.1) is 5.75 Å². The van der Waals surface area contributed by atoms with Crippen LogP contribution in [0.2, 0.25) is 0 Å². The van der Waals surface area contributed by atoms with Crippen molar-refractivity contribution in [1.29, 1.82) is 0 Å². The molecule has 6 heteroatoms. The van der Waals surface area contributed by atoms with E-state index in [-0.39, 0.29) is 11.8 Å². The van der Waals surface area contributed by atoms with Gasteiger partial charge in [-0.1, -0.05) is 42.1 Å². The maximum Gasteiger partial charge on any atom is 0.255 e. The van der Waals surface area contributed by atoms with E-state index < -0.39 is 0 Å². The van der Waals surface area contributed by atoms with Crippen LogP contribution in [0, 0.1) is 0 Å². The number of hydrogen-bond acceptors (Lipinski definition) is 4. The van der Waals surface area contributed by atoms with Crippen LogP contribution >= 0.6 is 11.8 Å². The molecular formula is C16H13N3O2S. The van der Waals surface area contributed by atoms with Gasteiger partial charge in [0.15, 0.2) is 0 Å². The molecule has 22 heavy (non-hydrogen) atoms. The van der Waals surface area contributed by atoms with Crippen molar-refractivity contribution in [3.8, 4) is 0 Å². The molecule has 2 aromatic rings. The number of thioether (sulfide) groups is 1. The number of rotatable bonds is 3. The first kappa shape index (κ1) is 14.3. The Labute approximate surface area is 131 Å². The van der Waals surface area contributed by atoms with Crippen molar-refractivity contribution in [3.05, 3.63) is 65.7 Å². The number of carbonyl (C=O) groups excluding carboxylic acids is 2. The van der Waals surface area contributed by atoms with Crippen LogP contribution in [-0.4, -0.2) is 22.6 Å². The summed E-state index contributed by atoms with van der Waals surface area (Å²) in [7, 11) is 0. The SMILES string of the molecule is O=C1CSC(c2ccc(C(=O)Nc3ccccc3)cc2)=NN1. The maximum absolute atomic E-state index is 12.1. The van der Waals surface area contributed by atoms with Gasteiger partial charge >= 0.3 is 0 Å². The lowest BCUT2D eigenvalue weighted by Gasteiger charge is -2.11. The van der Waals surface area contributed by atoms with Gasteiger partial charge in [0.25, 0.3) is 11.8 Å². The number of para-hydroxylation sites is 1. The first-order chi connectivity index (χ1) is 10.7. The minimum absolute atomic E-state index is 0.104. The number of hydrazone groups is 1. The third-order valence-corrected chi connectivity index (χ3v) is 4.05. The zero-order valence-corrected chi connectivity index (χ0v) is 12.4. The molecule has 0 unspecified atom stereocenters. The molecule has 5 nitrogen and oxygen atoms in total. The van der Waals surface area contributed by atoms with Gasteiger partial charge in [0, 0.05) is 16.8 Å². The lowest BCUT2D eigenvalue weighted by atomic mass is 10.1. The van der Waals surface area contributed by atoms with Crippen LogP contribution < -0.4 is 10.7 Å². The van der Waals surface area contributed by atoms with Gasteiger partial charge in [0.2, 0.25) is 0 Å². The first-order valence-electron chi connectivity index (χ1n) is 6.68. The summed E-state index contributed by atoms with van der Waals surface area (Å²) in [6.07, 6.45) is 0. The second-order valence-electron chi connectivity index (χ2n) is 4.64. The number of carbonyl (C=O) groups is 2. The fraction of sp³-hybridized carbons (Fsp3) is 0.0625. The highest BCUT2D eigenvalue weighted by Crippen LogP contribution is 2.17. The lowest BCUT2D eigenvalue weighted by Crippen LogP contribution is -2.26. The standard InChI is InChI=1S/C16H13N3O2S/c20-14-10-22-16(19-18-14)12-8-6-11(7-9-12)15(21)17-13-4-2-1-3-5-13/h1-9H,10H2,(H,17,21)(H,18,20). The Balaban J connectivity index is 1.71. The summed E-state index contributed by atoms with van der Waals surface area (Å²) < 4.78 is 0. The summed E-state index contributed by atoms with van der Waals surface area (Å²) in [6.45, 7) is 0.